The molecule has 1 rings (SSSR count). The van der Waals surface area contributed by atoms with Crippen LogP contribution in [0, 0.1) is 10.1 Å². The van der Waals surface area contributed by atoms with E-state index in [9.17, 15) is 10.1 Å². The molecule has 0 saturated carbocycles. The summed E-state index contributed by atoms with van der Waals surface area (Å²) in [6.45, 7) is 0. The van der Waals surface area contributed by atoms with E-state index in [0.29, 0.717) is 12.2 Å². The molecule has 0 aromatic heterocycles. The van der Waals surface area contributed by atoms with Gasteiger partial charge in [-0.2, -0.15) is 12.6 Å². The fraction of sp³-hybridized carbons (Fsp3) is 0.400. The van der Waals surface area contributed by atoms with Crippen LogP contribution in [-0.4, -0.2) is 17.8 Å². The van der Waals surface area contributed by atoms with Gasteiger partial charge in [0.2, 0.25) is 0 Å². The van der Waals surface area contributed by atoms with Gasteiger partial charge in [0.25, 0.3) is 5.69 Å². The van der Waals surface area contributed by atoms with E-state index in [0.717, 1.165) is 17.7 Å². The highest BCUT2D eigenvalue weighted by molar-refractivity contribution is 7.80. The summed E-state index contributed by atoms with van der Waals surface area (Å²) in [5, 5.41) is 10.8. The molecule has 0 saturated heterocycles. The zero-order valence-corrected chi connectivity index (χ0v) is 9.37. The number of nitro benzene ring substituents is 1. The van der Waals surface area contributed by atoms with Crippen LogP contribution >= 0.6 is 12.6 Å². The highest BCUT2D eigenvalue weighted by Crippen LogP contribution is 2.25. The maximum absolute atomic E-state index is 10.8. The first-order valence-corrected chi connectivity index (χ1v) is 5.24. The molecule has 4 nitrogen and oxygen atoms in total. The topological polar surface area (TPSA) is 52.4 Å². The Balaban J connectivity index is 2.98. The number of nitro groups is 1. The molecular weight excluding hydrogens is 214 g/mol. The molecule has 15 heavy (non-hydrogen) atoms. The predicted molar refractivity (Wildman–Crippen MR) is 61.8 cm³/mol. The molecule has 0 radical (unpaired) electrons. The Morgan fingerprint density at radius 2 is 2.27 bits per heavy atom. The van der Waals surface area contributed by atoms with Crippen LogP contribution in [0.25, 0.3) is 0 Å². The molecule has 0 bridgehead atoms. The molecule has 0 spiro atoms. The molecule has 0 N–H and O–H groups in total. The summed E-state index contributed by atoms with van der Waals surface area (Å²) in [7, 11) is 1.49. The van der Waals surface area contributed by atoms with Crippen molar-refractivity contribution in [3.05, 3.63) is 33.9 Å². The van der Waals surface area contributed by atoms with Crippen LogP contribution in [-0.2, 0) is 6.42 Å². The third-order valence-electron chi connectivity index (χ3n) is 2.09. The Morgan fingerprint density at radius 1 is 1.53 bits per heavy atom. The van der Waals surface area contributed by atoms with Crippen LogP contribution in [0.2, 0.25) is 0 Å². The normalized spacial score (nSPS) is 10.0. The molecule has 0 amide bonds. The van der Waals surface area contributed by atoms with Crippen molar-refractivity contribution in [1.82, 2.24) is 0 Å². The molecule has 1 aromatic carbocycles. The molecule has 0 atom stereocenters. The lowest BCUT2D eigenvalue weighted by Crippen LogP contribution is -1.97. The first kappa shape index (κ1) is 11.8. The summed E-state index contributed by atoms with van der Waals surface area (Å²) < 4.78 is 4.94. The molecular formula is C10H13NO3S. The van der Waals surface area contributed by atoms with Crippen molar-refractivity contribution in [2.24, 2.45) is 0 Å². The summed E-state index contributed by atoms with van der Waals surface area (Å²) in [5.74, 6) is 1.24. The van der Waals surface area contributed by atoms with Gasteiger partial charge in [0.05, 0.1) is 18.1 Å². The number of benzene rings is 1. The molecule has 0 fully saturated rings. The second kappa shape index (κ2) is 5.60. The largest absolute Gasteiger partial charge is 0.497 e. The van der Waals surface area contributed by atoms with E-state index in [1.807, 2.05) is 0 Å². The lowest BCUT2D eigenvalue weighted by atomic mass is 10.1. The standard InChI is InChI=1S/C10H13NO3S/c1-14-9-5-4-8(3-2-6-15)10(7-9)11(12)13/h4-5,7,15H,2-3,6H2,1H3. The quantitative estimate of drug-likeness (QED) is 0.477. The maximum atomic E-state index is 10.8. The summed E-state index contributed by atoms with van der Waals surface area (Å²) in [5.41, 5.74) is 0.853. The van der Waals surface area contributed by atoms with Crippen molar-refractivity contribution in [2.75, 3.05) is 12.9 Å². The lowest BCUT2D eigenvalue weighted by molar-refractivity contribution is -0.385. The fourth-order valence-corrected chi connectivity index (χ4v) is 1.48. The van der Waals surface area contributed by atoms with Crippen LogP contribution < -0.4 is 4.74 Å². The SMILES string of the molecule is COc1ccc(CCCS)c([N+](=O)[O-])c1. The van der Waals surface area contributed by atoms with Crippen LogP contribution in [0.1, 0.15) is 12.0 Å². The smallest absolute Gasteiger partial charge is 0.276 e. The third kappa shape index (κ3) is 3.13. The van der Waals surface area contributed by atoms with E-state index in [1.54, 1.807) is 12.1 Å². The summed E-state index contributed by atoms with van der Waals surface area (Å²) in [6, 6.07) is 4.93. The number of ether oxygens (including phenoxy) is 1. The van der Waals surface area contributed by atoms with Gasteiger partial charge in [-0.05, 0) is 30.7 Å². The van der Waals surface area contributed by atoms with Crippen molar-refractivity contribution in [1.29, 1.82) is 0 Å². The molecule has 0 unspecified atom stereocenters. The van der Waals surface area contributed by atoms with Gasteiger partial charge in [0.15, 0.2) is 0 Å². The highest BCUT2D eigenvalue weighted by atomic mass is 32.1. The summed E-state index contributed by atoms with van der Waals surface area (Å²) in [4.78, 5) is 10.4. The number of hydrogen-bond acceptors (Lipinski definition) is 4. The first-order chi connectivity index (χ1) is 7.19. The van der Waals surface area contributed by atoms with Crippen molar-refractivity contribution in [3.63, 3.8) is 0 Å². The van der Waals surface area contributed by atoms with E-state index in [1.165, 1.54) is 13.2 Å². The average molecular weight is 227 g/mol. The molecule has 5 heteroatoms. The Kier molecular flexibility index (Phi) is 4.42. The Bertz CT molecular complexity index is 355. The second-order valence-electron chi connectivity index (χ2n) is 3.08. The molecule has 0 aliphatic rings. The predicted octanol–water partition coefficient (Wildman–Crippen LogP) is 2.47. The maximum Gasteiger partial charge on any atom is 0.276 e. The number of aryl methyl sites for hydroxylation is 1. The Morgan fingerprint density at radius 3 is 2.80 bits per heavy atom. The number of rotatable bonds is 5. The van der Waals surface area contributed by atoms with Crippen molar-refractivity contribution >= 4 is 18.3 Å². The molecule has 0 aliphatic heterocycles. The van der Waals surface area contributed by atoms with Gasteiger partial charge in [0.1, 0.15) is 5.75 Å². The number of hydrogen-bond donors (Lipinski definition) is 1. The summed E-state index contributed by atoms with van der Waals surface area (Å²) in [6.07, 6.45) is 1.50. The van der Waals surface area contributed by atoms with Gasteiger partial charge >= 0.3 is 0 Å². The van der Waals surface area contributed by atoms with Crippen LogP contribution in [0.4, 0.5) is 5.69 Å². The van der Waals surface area contributed by atoms with Gasteiger partial charge in [0, 0.05) is 5.56 Å². The van der Waals surface area contributed by atoms with E-state index in [2.05, 4.69) is 12.6 Å². The fourth-order valence-electron chi connectivity index (χ4n) is 1.32. The van der Waals surface area contributed by atoms with E-state index >= 15 is 0 Å². The first-order valence-electron chi connectivity index (χ1n) is 4.61. The monoisotopic (exact) mass is 227 g/mol. The van der Waals surface area contributed by atoms with Crippen molar-refractivity contribution in [3.8, 4) is 5.75 Å². The minimum atomic E-state index is -0.379. The van der Waals surface area contributed by atoms with Crippen LogP contribution in [0.15, 0.2) is 18.2 Å². The zero-order valence-electron chi connectivity index (χ0n) is 8.47. The van der Waals surface area contributed by atoms with Gasteiger partial charge in [-0.1, -0.05) is 0 Å². The third-order valence-corrected chi connectivity index (χ3v) is 2.41. The Hall–Kier alpha value is -1.23. The number of thiol groups is 1. The molecule has 0 heterocycles. The van der Waals surface area contributed by atoms with Gasteiger partial charge in [-0.15, -0.1) is 0 Å². The average Bonchev–Trinajstić information content (AvgIpc) is 2.26. The summed E-state index contributed by atoms with van der Waals surface area (Å²) >= 11 is 4.08. The van der Waals surface area contributed by atoms with E-state index in [-0.39, 0.29) is 10.6 Å². The van der Waals surface area contributed by atoms with Crippen molar-refractivity contribution < 1.29 is 9.66 Å². The van der Waals surface area contributed by atoms with E-state index < -0.39 is 0 Å². The van der Waals surface area contributed by atoms with Gasteiger partial charge < -0.3 is 4.74 Å². The molecule has 0 aliphatic carbocycles. The molecule has 82 valence electrons. The number of methoxy groups -OCH3 is 1. The lowest BCUT2D eigenvalue weighted by Gasteiger charge is -2.04. The minimum absolute atomic E-state index is 0.121. The molecule has 1 aromatic rings. The zero-order chi connectivity index (χ0) is 11.3. The van der Waals surface area contributed by atoms with Crippen LogP contribution in [0.3, 0.4) is 0 Å². The van der Waals surface area contributed by atoms with Crippen LogP contribution in [0.5, 0.6) is 5.75 Å². The highest BCUT2D eigenvalue weighted by Gasteiger charge is 2.14. The van der Waals surface area contributed by atoms with E-state index in [4.69, 9.17) is 4.74 Å². The Labute approximate surface area is 93.8 Å². The second-order valence-corrected chi connectivity index (χ2v) is 3.53. The van der Waals surface area contributed by atoms with Gasteiger partial charge in [-0.25, -0.2) is 0 Å². The van der Waals surface area contributed by atoms with Gasteiger partial charge in [-0.3, -0.25) is 10.1 Å². The number of nitrogens with zero attached hydrogens (tertiary/aromatic N) is 1. The minimum Gasteiger partial charge on any atom is -0.497 e. The van der Waals surface area contributed by atoms with Crippen molar-refractivity contribution in [2.45, 2.75) is 12.8 Å².